The lowest BCUT2D eigenvalue weighted by molar-refractivity contribution is -0.120. The highest BCUT2D eigenvalue weighted by Gasteiger charge is 2.27. The molecule has 138 valence electrons. The van der Waals surface area contributed by atoms with Crippen molar-refractivity contribution < 1.29 is 9.32 Å². The van der Waals surface area contributed by atoms with Crippen molar-refractivity contribution in [1.29, 1.82) is 0 Å². The Bertz CT molecular complexity index is 900. The number of anilines is 2. The average molecular weight is 363 g/mol. The number of nitrogens with zero attached hydrogens (tertiary/aromatic N) is 4. The van der Waals surface area contributed by atoms with Gasteiger partial charge in [-0.15, -0.1) is 0 Å². The Morgan fingerprint density at radius 1 is 1.15 bits per heavy atom. The van der Waals surface area contributed by atoms with E-state index in [1.165, 1.54) is 0 Å². The van der Waals surface area contributed by atoms with Crippen LogP contribution in [0.25, 0.3) is 11.5 Å². The lowest BCUT2D eigenvalue weighted by Crippen LogP contribution is -2.38. The molecule has 1 aromatic carbocycles. The molecule has 7 nitrogen and oxygen atoms in total. The van der Waals surface area contributed by atoms with Crippen LogP contribution in [0.3, 0.4) is 0 Å². The monoisotopic (exact) mass is 363 g/mol. The number of benzene rings is 1. The lowest BCUT2D eigenvalue weighted by atomic mass is 9.96. The van der Waals surface area contributed by atoms with E-state index in [4.69, 9.17) is 4.52 Å². The number of amides is 1. The minimum Gasteiger partial charge on any atom is -0.338 e. The highest BCUT2D eigenvalue weighted by atomic mass is 16.5. The van der Waals surface area contributed by atoms with Gasteiger partial charge in [0.15, 0.2) is 0 Å². The molecule has 0 unspecified atom stereocenters. The van der Waals surface area contributed by atoms with E-state index in [9.17, 15) is 4.79 Å². The fourth-order valence-electron chi connectivity index (χ4n) is 3.15. The predicted octanol–water partition coefficient (Wildman–Crippen LogP) is 3.30. The van der Waals surface area contributed by atoms with Crippen LogP contribution in [0.1, 0.15) is 18.4 Å². The van der Waals surface area contributed by atoms with Crippen molar-refractivity contribution in [2.75, 3.05) is 23.3 Å². The van der Waals surface area contributed by atoms with Gasteiger partial charge in [0.1, 0.15) is 5.82 Å². The Morgan fingerprint density at radius 3 is 2.63 bits per heavy atom. The Morgan fingerprint density at radius 2 is 1.93 bits per heavy atom. The smallest absolute Gasteiger partial charge is 0.266 e. The third-order valence-electron chi connectivity index (χ3n) is 4.75. The van der Waals surface area contributed by atoms with Gasteiger partial charge in [0.25, 0.3) is 11.8 Å². The van der Waals surface area contributed by atoms with Crippen LogP contribution < -0.4 is 10.2 Å². The average Bonchev–Trinajstić information content (AvgIpc) is 3.21. The molecule has 1 aliphatic heterocycles. The molecule has 2 aromatic heterocycles. The number of aromatic nitrogens is 3. The molecule has 7 heteroatoms. The quantitative estimate of drug-likeness (QED) is 0.766. The minimum absolute atomic E-state index is 0.0177. The zero-order valence-electron chi connectivity index (χ0n) is 15.1. The van der Waals surface area contributed by atoms with Gasteiger partial charge in [-0.25, -0.2) is 4.98 Å². The van der Waals surface area contributed by atoms with E-state index in [1.54, 1.807) is 6.20 Å². The van der Waals surface area contributed by atoms with Crippen molar-refractivity contribution in [2.45, 2.75) is 19.8 Å². The molecule has 0 saturated carbocycles. The van der Waals surface area contributed by atoms with Crippen molar-refractivity contribution >= 4 is 17.7 Å². The van der Waals surface area contributed by atoms with Crippen LogP contribution in [0, 0.1) is 12.8 Å². The summed E-state index contributed by atoms with van der Waals surface area (Å²) in [6.07, 6.45) is 3.23. The number of carbonyl (C=O) groups excluding carboxylic acids is 1. The van der Waals surface area contributed by atoms with Gasteiger partial charge in [0.2, 0.25) is 5.91 Å². The number of rotatable bonds is 4. The van der Waals surface area contributed by atoms with E-state index in [-0.39, 0.29) is 11.8 Å². The highest BCUT2D eigenvalue weighted by molar-refractivity contribution is 5.91. The van der Waals surface area contributed by atoms with E-state index in [0.717, 1.165) is 24.0 Å². The van der Waals surface area contributed by atoms with Crippen molar-refractivity contribution in [3.63, 3.8) is 0 Å². The molecule has 3 aromatic rings. The maximum absolute atomic E-state index is 12.5. The second kappa shape index (κ2) is 7.57. The number of pyridine rings is 1. The molecule has 0 bridgehead atoms. The van der Waals surface area contributed by atoms with Gasteiger partial charge in [0, 0.05) is 30.8 Å². The maximum atomic E-state index is 12.5. The second-order valence-corrected chi connectivity index (χ2v) is 6.74. The first kappa shape index (κ1) is 17.2. The van der Waals surface area contributed by atoms with E-state index in [0.29, 0.717) is 30.7 Å². The van der Waals surface area contributed by atoms with Crippen LogP contribution in [0.15, 0.2) is 53.2 Å². The number of aryl methyl sites for hydroxylation is 1. The third kappa shape index (κ3) is 3.97. The van der Waals surface area contributed by atoms with E-state index in [1.807, 2.05) is 49.4 Å². The molecule has 0 aliphatic carbocycles. The first-order valence-corrected chi connectivity index (χ1v) is 9.06. The van der Waals surface area contributed by atoms with Crippen LogP contribution in [0.5, 0.6) is 0 Å². The molecule has 0 atom stereocenters. The van der Waals surface area contributed by atoms with Crippen molar-refractivity contribution in [3.05, 3.63) is 54.2 Å². The van der Waals surface area contributed by atoms with Gasteiger partial charge in [-0.2, -0.15) is 4.98 Å². The first-order chi connectivity index (χ1) is 13.2. The summed E-state index contributed by atoms with van der Waals surface area (Å²) in [4.78, 5) is 23.2. The Labute approximate surface area is 157 Å². The molecule has 0 spiro atoms. The van der Waals surface area contributed by atoms with Crippen LogP contribution >= 0.6 is 0 Å². The van der Waals surface area contributed by atoms with Crippen LogP contribution in [-0.4, -0.2) is 34.1 Å². The summed E-state index contributed by atoms with van der Waals surface area (Å²) in [6.45, 7) is 3.40. The summed E-state index contributed by atoms with van der Waals surface area (Å²) in [7, 11) is 0. The normalized spacial score (nSPS) is 14.9. The fraction of sp³-hybridized carbons (Fsp3) is 0.300. The van der Waals surface area contributed by atoms with Gasteiger partial charge in [-0.05, 0) is 48.7 Å². The molecular weight excluding hydrogens is 342 g/mol. The van der Waals surface area contributed by atoms with E-state index in [2.05, 4.69) is 25.3 Å². The largest absolute Gasteiger partial charge is 0.338 e. The summed E-state index contributed by atoms with van der Waals surface area (Å²) in [6, 6.07) is 13.5. The molecule has 1 fully saturated rings. The van der Waals surface area contributed by atoms with Crippen LogP contribution in [-0.2, 0) is 4.79 Å². The molecular formula is C20H21N5O2. The van der Waals surface area contributed by atoms with Crippen molar-refractivity contribution in [1.82, 2.24) is 15.1 Å². The first-order valence-electron chi connectivity index (χ1n) is 9.06. The number of hydrogen-bond donors (Lipinski definition) is 1. The topological polar surface area (TPSA) is 84.2 Å². The molecule has 1 aliphatic rings. The van der Waals surface area contributed by atoms with Gasteiger partial charge in [-0.3, -0.25) is 4.79 Å². The maximum Gasteiger partial charge on any atom is 0.266 e. The molecule has 0 radical (unpaired) electrons. The number of nitrogens with one attached hydrogen (secondary N) is 1. The second-order valence-electron chi connectivity index (χ2n) is 6.74. The van der Waals surface area contributed by atoms with Crippen LogP contribution in [0.4, 0.5) is 11.8 Å². The summed E-state index contributed by atoms with van der Waals surface area (Å²) >= 11 is 0. The fourth-order valence-corrected chi connectivity index (χ4v) is 3.15. The Kier molecular flexibility index (Phi) is 4.82. The standard InChI is InChI=1S/C20H21N5O2/c1-14-7-8-17(21-13-14)22-18(26)15-9-11-25(12-10-15)20-23-19(27-24-20)16-5-3-2-4-6-16/h2-8,13,15H,9-12H2,1H3,(H,21,22,26). The van der Waals surface area contributed by atoms with Gasteiger partial charge in [0.05, 0.1) is 0 Å². The summed E-state index contributed by atoms with van der Waals surface area (Å²) in [5, 5.41) is 6.99. The number of hydrogen-bond acceptors (Lipinski definition) is 6. The number of carbonyl (C=O) groups is 1. The molecule has 1 saturated heterocycles. The van der Waals surface area contributed by atoms with Crippen molar-refractivity contribution in [3.8, 4) is 11.5 Å². The van der Waals surface area contributed by atoms with Crippen molar-refractivity contribution in [2.24, 2.45) is 5.92 Å². The molecule has 3 heterocycles. The van der Waals surface area contributed by atoms with Gasteiger partial charge in [-0.1, -0.05) is 24.3 Å². The zero-order chi connectivity index (χ0) is 18.6. The molecule has 1 amide bonds. The molecule has 4 rings (SSSR count). The lowest BCUT2D eigenvalue weighted by Gasteiger charge is -2.30. The zero-order valence-corrected chi connectivity index (χ0v) is 15.1. The summed E-state index contributed by atoms with van der Waals surface area (Å²) in [5.41, 5.74) is 1.97. The number of piperidine rings is 1. The van der Waals surface area contributed by atoms with E-state index < -0.39 is 0 Å². The third-order valence-corrected chi connectivity index (χ3v) is 4.75. The summed E-state index contributed by atoms with van der Waals surface area (Å²) < 4.78 is 5.38. The predicted molar refractivity (Wildman–Crippen MR) is 102 cm³/mol. The Balaban J connectivity index is 1.34. The molecule has 27 heavy (non-hydrogen) atoms. The Hall–Kier alpha value is -3.22. The summed E-state index contributed by atoms with van der Waals surface area (Å²) in [5.74, 6) is 1.66. The highest BCUT2D eigenvalue weighted by Crippen LogP contribution is 2.25. The van der Waals surface area contributed by atoms with Crippen LogP contribution in [0.2, 0.25) is 0 Å². The van der Waals surface area contributed by atoms with E-state index >= 15 is 0 Å². The van der Waals surface area contributed by atoms with Gasteiger partial charge < -0.3 is 14.7 Å². The van der Waals surface area contributed by atoms with Gasteiger partial charge >= 0.3 is 0 Å². The minimum atomic E-state index is -0.0372. The molecule has 1 N–H and O–H groups in total. The SMILES string of the molecule is Cc1ccc(NC(=O)C2CCN(c3noc(-c4ccccc4)n3)CC2)nc1.